The lowest BCUT2D eigenvalue weighted by atomic mass is 9.77. The third-order valence-electron chi connectivity index (χ3n) is 10.8. The minimum Gasteiger partial charge on any atom is -0.309 e. The van der Waals surface area contributed by atoms with Gasteiger partial charge in [-0.2, -0.15) is 4.57 Å². The molecular weight excluding hydrogens is 569 g/mol. The standard InChI is InChI=1S/C45H43N2/c1-6-45(7-2)30-35-26-36(44(3,4)5)20-21-38(35)43-29-37(24-25-46(43)45)47-41-22-18-33(31-14-10-8-11-15-31)27-39(41)40-28-34(19-23-42(40)47)32-16-12-9-13-17-32/h8-29H,6-7,30H2,1-5H3/q+1. The van der Waals surface area contributed by atoms with Gasteiger partial charge < -0.3 is 4.57 Å². The molecule has 2 nitrogen and oxygen atoms in total. The van der Waals surface area contributed by atoms with Gasteiger partial charge in [0.1, 0.15) is 0 Å². The summed E-state index contributed by atoms with van der Waals surface area (Å²) in [6.07, 6.45) is 5.63. The Morgan fingerprint density at radius 1 is 0.617 bits per heavy atom. The molecule has 0 radical (unpaired) electrons. The number of benzene rings is 5. The van der Waals surface area contributed by atoms with Crippen LogP contribution in [0, 0.1) is 0 Å². The lowest BCUT2D eigenvalue weighted by Gasteiger charge is -2.34. The van der Waals surface area contributed by atoms with E-state index in [2.05, 4.69) is 177 Å². The molecule has 47 heavy (non-hydrogen) atoms. The molecule has 2 aromatic heterocycles. The summed E-state index contributed by atoms with van der Waals surface area (Å²) in [5.41, 5.74) is 14.3. The number of hydrogen-bond acceptors (Lipinski definition) is 0. The number of nitrogens with zero attached hydrogens (tertiary/aromatic N) is 2. The van der Waals surface area contributed by atoms with Crippen molar-refractivity contribution in [3.05, 3.63) is 145 Å². The first-order chi connectivity index (χ1) is 22.8. The summed E-state index contributed by atoms with van der Waals surface area (Å²) in [4.78, 5) is 0. The third kappa shape index (κ3) is 4.81. The smallest absolute Gasteiger partial charge is 0.215 e. The van der Waals surface area contributed by atoms with Crippen LogP contribution in [0.4, 0.5) is 0 Å². The van der Waals surface area contributed by atoms with E-state index in [4.69, 9.17) is 0 Å². The van der Waals surface area contributed by atoms with Crippen LogP contribution in [0.1, 0.15) is 58.6 Å². The van der Waals surface area contributed by atoms with E-state index < -0.39 is 0 Å². The van der Waals surface area contributed by atoms with Gasteiger partial charge in [0, 0.05) is 47.7 Å². The van der Waals surface area contributed by atoms with E-state index in [9.17, 15) is 0 Å². The zero-order chi connectivity index (χ0) is 32.3. The van der Waals surface area contributed by atoms with Gasteiger partial charge in [-0.1, -0.05) is 120 Å². The normalized spacial score (nSPS) is 13.9. The third-order valence-corrected chi connectivity index (χ3v) is 10.8. The molecule has 0 unspecified atom stereocenters. The summed E-state index contributed by atoms with van der Waals surface area (Å²) < 4.78 is 5.07. The molecule has 5 aromatic carbocycles. The SMILES string of the molecule is CCC1(CC)Cc2cc(C(C)(C)C)ccc2-c2cc(-n3c4ccc(-c5ccccc5)cc4c4cc(-c5ccccc5)ccc43)cc[n+]21. The summed E-state index contributed by atoms with van der Waals surface area (Å²) in [7, 11) is 0. The molecule has 1 aliphatic rings. The molecule has 0 spiro atoms. The molecule has 232 valence electrons. The minimum absolute atomic E-state index is 0.0629. The van der Waals surface area contributed by atoms with Crippen molar-refractivity contribution in [3.63, 3.8) is 0 Å². The van der Waals surface area contributed by atoms with Gasteiger partial charge >= 0.3 is 0 Å². The van der Waals surface area contributed by atoms with Crippen LogP contribution in [0.2, 0.25) is 0 Å². The van der Waals surface area contributed by atoms with Gasteiger partial charge in [-0.05, 0) is 69.1 Å². The van der Waals surface area contributed by atoms with Crippen LogP contribution in [0.3, 0.4) is 0 Å². The maximum Gasteiger partial charge on any atom is 0.215 e. The number of fused-ring (bicyclic) bond motifs is 6. The Labute approximate surface area is 279 Å². The molecule has 0 saturated heterocycles. The Balaban J connectivity index is 1.38. The van der Waals surface area contributed by atoms with E-state index in [0.717, 1.165) is 19.3 Å². The summed E-state index contributed by atoms with van der Waals surface area (Å²) in [5, 5.41) is 2.55. The Morgan fingerprint density at radius 2 is 1.19 bits per heavy atom. The molecule has 2 heteroatoms. The van der Waals surface area contributed by atoms with Crippen LogP contribution in [0.15, 0.2) is 134 Å². The maximum absolute atomic E-state index is 2.59. The first kappa shape index (κ1) is 29.5. The summed E-state index contributed by atoms with van der Waals surface area (Å²) in [6.45, 7) is 11.7. The highest BCUT2D eigenvalue weighted by Crippen LogP contribution is 2.41. The fourth-order valence-electron chi connectivity index (χ4n) is 7.91. The van der Waals surface area contributed by atoms with E-state index in [1.54, 1.807) is 0 Å². The van der Waals surface area contributed by atoms with Crippen LogP contribution in [-0.2, 0) is 17.4 Å². The highest BCUT2D eigenvalue weighted by Gasteiger charge is 2.44. The van der Waals surface area contributed by atoms with E-state index >= 15 is 0 Å². The van der Waals surface area contributed by atoms with Crippen LogP contribution >= 0.6 is 0 Å². The Kier molecular flexibility index (Phi) is 6.95. The van der Waals surface area contributed by atoms with Crippen LogP contribution in [-0.4, -0.2) is 4.57 Å². The van der Waals surface area contributed by atoms with E-state index in [-0.39, 0.29) is 11.0 Å². The zero-order valence-corrected chi connectivity index (χ0v) is 28.2. The fourth-order valence-corrected chi connectivity index (χ4v) is 7.91. The fraction of sp³-hybridized carbons (Fsp3) is 0.222. The molecule has 7 aromatic rings. The lowest BCUT2D eigenvalue weighted by molar-refractivity contribution is -0.758. The lowest BCUT2D eigenvalue weighted by Crippen LogP contribution is -2.60. The molecular formula is C45H43N2+. The number of rotatable bonds is 5. The quantitative estimate of drug-likeness (QED) is 0.171. The van der Waals surface area contributed by atoms with Crippen molar-refractivity contribution in [2.45, 2.75) is 64.8 Å². The van der Waals surface area contributed by atoms with Crippen molar-refractivity contribution in [3.8, 4) is 39.2 Å². The first-order valence-corrected chi connectivity index (χ1v) is 17.2. The molecule has 3 heterocycles. The van der Waals surface area contributed by atoms with E-state index in [0.29, 0.717) is 0 Å². The molecule has 0 saturated carbocycles. The molecule has 0 bridgehead atoms. The van der Waals surface area contributed by atoms with E-state index in [1.807, 2.05) is 0 Å². The second-order valence-electron chi connectivity index (χ2n) is 14.4. The number of hydrogen-bond donors (Lipinski definition) is 0. The average Bonchev–Trinajstić information content (AvgIpc) is 3.44. The van der Waals surface area contributed by atoms with Gasteiger partial charge in [-0.15, -0.1) is 0 Å². The van der Waals surface area contributed by atoms with Gasteiger partial charge in [-0.3, -0.25) is 0 Å². The van der Waals surface area contributed by atoms with Crippen molar-refractivity contribution in [2.24, 2.45) is 0 Å². The molecule has 0 N–H and O–H groups in total. The van der Waals surface area contributed by atoms with Crippen LogP contribution in [0.25, 0.3) is 61.0 Å². The number of aromatic nitrogens is 2. The molecule has 0 amide bonds. The van der Waals surface area contributed by atoms with Gasteiger partial charge in [0.15, 0.2) is 11.7 Å². The zero-order valence-electron chi connectivity index (χ0n) is 28.2. The summed E-state index contributed by atoms with van der Waals surface area (Å²) >= 11 is 0. The van der Waals surface area contributed by atoms with Crippen molar-refractivity contribution >= 4 is 21.8 Å². The second-order valence-corrected chi connectivity index (χ2v) is 14.4. The van der Waals surface area contributed by atoms with Crippen molar-refractivity contribution in [1.29, 1.82) is 0 Å². The van der Waals surface area contributed by atoms with Gasteiger partial charge in [0.05, 0.1) is 16.7 Å². The van der Waals surface area contributed by atoms with Gasteiger partial charge in [0.25, 0.3) is 0 Å². The molecule has 0 fully saturated rings. The Hall–Kier alpha value is -4.95. The van der Waals surface area contributed by atoms with Gasteiger partial charge in [-0.25, -0.2) is 0 Å². The predicted octanol–water partition coefficient (Wildman–Crippen LogP) is 11.4. The molecule has 8 rings (SSSR count). The summed E-state index contributed by atoms with van der Waals surface area (Å²) in [5.74, 6) is 0. The summed E-state index contributed by atoms with van der Waals surface area (Å²) in [6, 6.07) is 47.4. The number of pyridine rings is 1. The van der Waals surface area contributed by atoms with Crippen molar-refractivity contribution in [1.82, 2.24) is 4.57 Å². The van der Waals surface area contributed by atoms with Crippen LogP contribution < -0.4 is 4.57 Å². The van der Waals surface area contributed by atoms with Gasteiger partial charge in [0.2, 0.25) is 5.69 Å². The molecule has 0 atom stereocenters. The minimum atomic E-state index is 0.0629. The molecule has 1 aliphatic heterocycles. The van der Waals surface area contributed by atoms with Crippen molar-refractivity contribution in [2.75, 3.05) is 0 Å². The Morgan fingerprint density at radius 3 is 1.72 bits per heavy atom. The predicted molar refractivity (Wildman–Crippen MR) is 198 cm³/mol. The van der Waals surface area contributed by atoms with E-state index in [1.165, 1.54) is 72.1 Å². The largest absolute Gasteiger partial charge is 0.309 e. The monoisotopic (exact) mass is 611 g/mol. The van der Waals surface area contributed by atoms with Crippen molar-refractivity contribution < 1.29 is 4.57 Å². The Bertz CT molecular complexity index is 2170. The highest BCUT2D eigenvalue weighted by atomic mass is 15.1. The topological polar surface area (TPSA) is 8.81 Å². The maximum atomic E-state index is 2.59. The average molecular weight is 612 g/mol. The molecule has 0 aliphatic carbocycles. The second kappa shape index (κ2) is 11.1. The van der Waals surface area contributed by atoms with Crippen LogP contribution in [0.5, 0.6) is 0 Å². The highest BCUT2D eigenvalue weighted by molar-refractivity contribution is 6.11. The first-order valence-electron chi connectivity index (χ1n) is 17.2.